The monoisotopic (exact) mass is 408 g/mol. The third-order valence-corrected chi connectivity index (χ3v) is 4.89. The van der Waals surface area contributed by atoms with E-state index >= 15 is 0 Å². The fraction of sp³-hybridized carbons (Fsp3) is 0.333. The summed E-state index contributed by atoms with van der Waals surface area (Å²) in [7, 11) is 1.57. The van der Waals surface area contributed by atoms with Crippen molar-refractivity contribution < 1.29 is 19.1 Å². The summed E-state index contributed by atoms with van der Waals surface area (Å²) in [5.74, 6) is -0.102. The first-order valence-corrected chi connectivity index (χ1v) is 10.0. The minimum absolute atomic E-state index is 0.0245. The number of carbonyl (C=O) groups is 2. The molecule has 0 spiro atoms. The second-order valence-corrected chi connectivity index (χ2v) is 7.63. The number of anilines is 1. The Morgan fingerprint density at radius 1 is 0.967 bits per heavy atom. The Morgan fingerprint density at radius 2 is 1.63 bits per heavy atom. The summed E-state index contributed by atoms with van der Waals surface area (Å²) in [5, 5.41) is 3.18. The van der Waals surface area contributed by atoms with Gasteiger partial charge in [-0.25, -0.2) is 0 Å². The van der Waals surface area contributed by atoms with Crippen LogP contribution in [0.25, 0.3) is 5.57 Å². The molecule has 0 unspecified atom stereocenters. The van der Waals surface area contributed by atoms with Crippen molar-refractivity contribution in [3.63, 3.8) is 0 Å². The van der Waals surface area contributed by atoms with E-state index in [9.17, 15) is 9.59 Å². The van der Waals surface area contributed by atoms with Gasteiger partial charge in [0.25, 0.3) is 11.8 Å². The van der Waals surface area contributed by atoms with E-state index in [0.717, 1.165) is 11.1 Å². The van der Waals surface area contributed by atoms with Gasteiger partial charge < -0.3 is 14.8 Å². The van der Waals surface area contributed by atoms with Crippen molar-refractivity contribution in [2.24, 2.45) is 0 Å². The number of amides is 2. The van der Waals surface area contributed by atoms with Gasteiger partial charge >= 0.3 is 0 Å². The molecule has 0 atom stereocenters. The highest BCUT2D eigenvalue weighted by molar-refractivity contribution is 6.36. The van der Waals surface area contributed by atoms with Crippen molar-refractivity contribution in [3.05, 3.63) is 64.9 Å². The first-order valence-electron chi connectivity index (χ1n) is 10.0. The van der Waals surface area contributed by atoms with Crippen LogP contribution in [0, 0.1) is 13.8 Å². The molecule has 2 aromatic rings. The number of nitrogens with one attached hydrogen (secondary N) is 1. The highest BCUT2D eigenvalue weighted by atomic mass is 16.5. The van der Waals surface area contributed by atoms with Crippen molar-refractivity contribution >= 4 is 23.1 Å². The van der Waals surface area contributed by atoms with Crippen LogP contribution in [-0.4, -0.2) is 43.1 Å². The first-order chi connectivity index (χ1) is 14.3. The summed E-state index contributed by atoms with van der Waals surface area (Å²) in [5.41, 5.74) is 4.02. The summed E-state index contributed by atoms with van der Waals surface area (Å²) in [6.07, 6.45) is 0.0245. The zero-order chi connectivity index (χ0) is 21.8. The molecule has 6 heteroatoms. The SMILES string of the molecule is COc1ccc(C)cc1NC1=C(c2ccc(C)cc2)C(=O)N(CCOC(C)C)C1=O. The second-order valence-electron chi connectivity index (χ2n) is 7.63. The van der Waals surface area contributed by atoms with Crippen molar-refractivity contribution in [1.82, 2.24) is 4.90 Å². The molecular formula is C24H28N2O4. The van der Waals surface area contributed by atoms with E-state index in [1.54, 1.807) is 7.11 Å². The molecule has 0 radical (unpaired) electrons. The van der Waals surface area contributed by atoms with Crippen LogP contribution in [0.1, 0.15) is 30.5 Å². The quantitative estimate of drug-likeness (QED) is 0.671. The van der Waals surface area contributed by atoms with Crippen molar-refractivity contribution in [2.45, 2.75) is 33.8 Å². The van der Waals surface area contributed by atoms with E-state index in [4.69, 9.17) is 9.47 Å². The van der Waals surface area contributed by atoms with Gasteiger partial charge in [0, 0.05) is 0 Å². The lowest BCUT2D eigenvalue weighted by atomic mass is 10.0. The molecule has 2 amide bonds. The van der Waals surface area contributed by atoms with Crippen molar-refractivity contribution in [2.75, 3.05) is 25.6 Å². The molecule has 3 rings (SSSR count). The van der Waals surface area contributed by atoms with Gasteiger partial charge in [0.2, 0.25) is 0 Å². The zero-order valence-electron chi connectivity index (χ0n) is 18.1. The lowest BCUT2D eigenvalue weighted by Crippen LogP contribution is -2.35. The van der Waals surface area contributed by atoms with Crippen LogP contribution in [-0.2, 0) is 14.3 Å². The van der Waals surface area contributed by atoms with Crippen molar-refractivity contribution in [3.8, 4) is 5.75 Å². The summed E-state index contributed by atoms with van der Waals surface area (Å²) in [6, 6.07) is 13.2. The lowest BCUT2D eigenvalue weighted by Gasteiger charge is -2.17. The topological polar surface area (TPSA) is 67.9 Å². The number of aryl methyl sites for hydroxylation is 2. The Hall–Kier alpha value is -3.12. The van der Waals surface area contributed by atoms with E-state index in [0.29, 0.717) is 22.6 Å². The maximum absolute atomic E-state index is 13.2. The summed E-state index contributed by atoms with van der Waals surface area (Å²) in [6.45, 7) is 8.25. The molecule has 0 fully saturated rings. The fourth-order valence-electron chi connectivity index (χ4n) is 3.32. The number of methoxy groups -OCH3 is 1. The second kappa shape index (κ2) is 9.13. The van der Waals surface area contributed by atoms with E-state index in [2.05, 4.69) is 5.32 Å². The van der Waals surface area contributed by atoms with Crippen LogP contribution in [0.15, 0.2) is 48.2 Å². The Bertz CT molecular complexity index is 977. The number of nitrogens with zero attached hydrogens (tertiary/aromatic N) is 1. The summed E-state index contributed by atoms with van der Waals surface area (Å²) >= 11 is 0. The van der Waals surface area contributed by atoms with Gasteiger partial charge in [-0.15, -0.1) is 0 Å². The number of hydrogen-bond acceptors (Lipinski definition) is 5. The van der Waals surface area contributed by atoms with E-state index in [1.165, 1.54) is 4.90 Å². The Morgan fingerprint density at radius 3 is 2.27 bits per heavy atom. The molecule has 158 valence electrons. The smallest absolute Gasteiger partial charge is 0.278 e. The number of benzene rings is 2. The Balaban J connectivity index is 2.01. The Kier molecular flexibility index (Phi) is 6.57. The molecule has 0 aliphatic carbocycles. The van der Waals surface area contributed by atoms with Gasteiger partial charge in [-0.05, 0) is 51.0 Å². The molecular weight excluding hydrogens is 380 g/mol. The van der Waals surface area contributed by atoms with Crippen LogP contribution >= 0.6 is 0 Å². The van der Waals surface area contributed by atoms with Gasteiger partial charge in [0.05, 0.1) is 37.6 Å². The van der Waals surface area contributed by atoms with Crippen molar-refractivity contribution in [1.29, 1.82) is 0 Å². The largest absolute Gasteiger partial charge is 0.495 e. The summed E-state index contributed by atoms with van der Waals surface area (Å²) < 4.78 is 11.0. The van der Waals surface area contributed by atoms with Crippen LogP contribution in [0.5, 0.6) is 5.75 Å². The number of hydrogen-bond donors (Lipinski definition) is 1. The molecule has 6 nitrogen and oxygen atoms in total. The number of carbonyl (C=O) groups excluding carboxylic acids is 2. The molecule has 0 saturated heterocycles. The van der Waals surface area contributed by atoms with Gasteiger partial charge in [0.1, 0.15) is 11.4 Å². The third kappa shape index (κ3) is 4.54. The van der Waals surface area contributed by atoms with Gasteiger partial charge in [-0.2, -0.15) is 0 Å². The van der Waals surface area contributed by atoms with Crippen LogP contribution in [0.4, 0.5) is 5.69 Å². The predicted molar refractivity (Wildman–Crippen MR) is 117 cm³/mol. The van der Waals surface area contributed by atoms with Gasteiger partial charge in [-0.1, -0.05) is 35.9 Å². The van der Waals surface area contributed by atoms with Crippen LogP contribution in [0.2, 0.25) is 0 Å². The molecule has 1 heterocycles. The maximum atomic E-state index is 13.2. The molecule has 1 aliphatic rings. The summed E-state index contributed by atoms with van der Waals surface area (Å²) in [4.78, 5) is 27.7. The highest BCUT2D eigenvalue weighted by Crippen LogP contribution is 2.33. The van der Waals surface area contributed by atoms with Crippen LogP contribution in [0.3, 0.4) is 0 Å². The maximum Gasteiger partial charge on any atom is 0.278 e. The number of imide groups is 1. The molecule has 1 aliphatic heterocycles. The highest BCUT2D eigenvalue weighted by Gasteiger charge is 2.39. The molecule has 0 bridgehead atoms. The predicted octanol–water partition coefficient (Wildman–Crippen LogP) is 3.93. The van der Waals surface area contributed by atoms with E-state index in [1.807, 2.05) is 70.2 Å². The van der Waals surface area contributed by atoms with E-state index < -0.39 is 0 Å². The van der Waals surface area contributed by atoms with E-state index in [-0.39, 0.29) is 36.8 Å². The van der Waals surface area contributed by atoms with Gasteiger partial charge in [0.15, 0.2) is 0 Å². The minimum atomic E-state index is -0.369. The molecule has 1 N–H and O–H groups in total. The first kappa shape index (κ1) is 21.6. The average Bonchev–Trinajstić information content (AvgIpc) is 2.93. The number of ether oxygens (including phenoxy) is 2. The minimum Gasteiger partial charge on any atom is -0.495 e. The molecule has 2 aromatic carbocycles. The average molecular weight is 408 g/mol. The fourth-order valence-corrected chi connectivity index (χ4v) is 3.32. The zero-order valence-corrected chi connectivity index (χ0v) is 18.1. The normalized spacial score (nSPS) is 14.1. The van der Waals surface area contributed by atoms with Gasteiger partial charge in [-0.3, -0.25) is 14.5 Å². The molecule has 30 heavy (non-hydrogen) atoms. The lowest BCUT2D eigenvalue weighted by molar-refractivity contribution is -0.137. The standard InChI is InChI=1S/C24H28N2O4/c1-15(2)30-13-12-26-23(27)21(18-9-6-16(3)7-10-18)22(24(26)28)25-19-14-17(4)8-11-20(19)29-5/h6-11,14-15,25H,12-13H2,1-5H3. The Labute approximate surface area is 177 Å². The number of rotatable bonds is 8. The molecule has 0 aromatic heterocycles. The molecule has 0 saturated carbocycles. The van der Waals surface area contributed by atoms with Crippen LogP contribution < -0.4 is 10.1 Å². The third-order valence-electron chi connectivity index (χ3n) is 4.89.